The Bertz CT molecular complexity index is 529. The summed E-state index contributed by atoms with van der Waals surface area (Å²) in [7, 11) is 0. The van der Waals surface area contributed by atoms with Crippen molar-refractivity contribution >= 4 is 11.6 Å². The van der Waals surface area contributed by atoms with Crippen molar-refractivity contribution in [2.24, 2.45) is 5.41 Å². The van der Waals surface area contributed by atoms with Crippen molar-refractivity contribution in [2.45, 2.75) is 32.1 Å². The topological polar surface area (TPSA) is 75.4 Å². The number of amides is 1. The molecule has 0 bridgehead atoms. The molecule has 1 aromatic rings. The monoisotopic (exact) mass is 298 g/mol. The van der Waals surface area contributed by atoms with Gasteiger partial charge in [0.2, 0.25) is 0 Å². The van der Waals surface area contributed by atoms with Crippen molar-refractivity contribution in [2.75, 3.05) is 18.9 Å². The van der Waals surface area contributed by atoms with Crippen LogP contribution in [0.1, 0.15) is 42.5 Å². The van der Waals surface area contributed by atoms with Crippen molar-refractivity contribution in [3.05, 3.63) is 29.3 Å². The van der Waals surface area contributed by atoms with Gasteiger partial charge in [0.25, 0.3) is 5.91 Å². The number of aliphatic hydroxyl groups is 1. The predicted octanol–water partition coefficient (Wildman–Crippen LogP) is 2.22. The molecule has 116 valence electrons. The molecule has 0 radical (unpaired) electrons. The second-order valence-corrected chi connectivity index (χ2v) is 5.73. The number of benzene rings is 1. The van der Waals surface area contributed by atoms with E-state index in [9.17, 15) is 18.7 Å². The van der Waals surface area contributed by atoms with E-state index in [-0.39, 0.29) is 24.3 Å². The largest absolute Gasteiger partial charge is 0.396 e. The summed E-state index contributed by atoms with van der Waals surface area (Å²) in [5.74, 6) is -2.83. The van der Waals surface area contributed by atoms with Gasteiger partial charge < -0.3 is 16.2 Å². The Morgan fingerprint density at radius 3 is 2.57 bits per heavy atom. The summed E-state index contributed by atoms with van der Waals surface area (Å²) in [5.41, 5.74) is 4.03. The van der Waals surface area contributed by atoms with Gasteiger partial charge in [-0.25, -0.2) is 8.78 Å². The van der Waals surface area contributed by atoms with E-state index in [1.54, 1.807) is 0 Å². The molecular formula is C15H20F2N2O2. The first-order valence-electron chi connectivity index (χ1n) is 7.12. The van der Waals surface area contributed by atoms with Crippen molar-refractivity contribution in [1.29, 1.82) is 0 Å². The Morgan fingerprint density at radius 1 is 1.29 bits per heavy atom. The first-order valence-corrected chi connectivity index (χ1v) is 7.12. The van der Waals surface area contributed by atoms with Gasteiger partial charge in [0, 0.05) is 12.0 Å². The number of aliphatic hydroxyl groups excluding tert-OH is 1. The van der Waals surface area contributed by atoms with Crippen LogP contribution in [0.4, 0.5) is 14.5 Å². The standard InChI is InChI=1S/C15H20F2N2O2/c16-10-4-5-11(18)13(17)12(10)14(21)19-8-15(9-20)6-2-1-3-7-15/h4-5,20H,1-3,6-9,18H2,(H,19,21). The van der Waals surface area contributed by atoms with E-state index >= 15 is 0 Å². The van der Waals surface area contributed by atoms with Crippen LogP contribution in [0.2, 0.25) is 0 Å². The zero-order valence-electron chi connectivity index (χ0n) is 11.8. The molecule has 0 aromatic heterocycles. The highest BCUT2D eigenvalue weighted by Gasteiger charge is 2.32. The molecule has 2 rings (SSSR count). The molecule has 0 atom stereocenters. The Balaban J connectivity index is 2.10. The average molecular weight is 298 g/mol. The number of nitrogen functional groups attached to an aromatic ring is 1. The summed E-state index contributed by atoms with van der Waals surface area (Å²) in [6.07, 6.45) is 4.67. The molecule has 0 unspecified atom stereocenters. The minimum Gasteiger partial charge on any atom is -0.396 e. The smallest absolute Gasteiger partial charge is 0.257 e. The van der Waals surface area contributed by atoms with Gasteiger partial charge in [-0.2, -0.15) is 0 Å². The van der Waals surface area contributed by atoms with Crippen molar-refractivity contribution in [1.82, 2.24) is 5.32 Å². The van der Waals surface area contributed by atoms with Crippen LogP contribution in [0.25, 0.3) is 0 Å². The van der Waals surface area contributed by atoms with Gasteiger partial charge in [0.05, 0.1) is 12.3 Å². The Labute approximate surface area is 122 Å². The van der Waals surface area contributed by atoms with Crippen LogP contribution in [-0.2, 0) is 0 Å². The van der Waals surface area contributed by atoms with E-state index in [1.807, 2.05) is 0 Å². The number of hydrogen-bond donors (Lipinski definition) is 3. The number of anilines is 1. The van der Waals surface area contributed by atoms with Crippen LogP contribution >= 0.6 is 0 Å². The van der Waals surface area contributed by atoms with Gasteiger partial charge in [0.15, 0.2) is 5.82 Å². The number of nitrogens with one attached hydrogen (secondary N) is 1. The second-order valence-electron chi connectivity index (χ2n) is 5.73. The number of hydrogen-bond acceptors (Lipinski definition) is 3. The number of rotatable bonds is 4. The number of carbonyl (C=O) groups is 1. The summed E-state index contributed by atoms with van der Waals surface area (Å²) in [6, 6.07) is 2.05. The van der Waals surface area contributed by atoms with Gasteiger partial charge in [0.1, 0.15) is 11.4 Å². The second kappa shape index (κ2) is 6.39. The molecule has 1 fully saturated rings. The Kier molecular flexibility index (Phi) is 4.77. The quantitative estimate of drug-likeness (QED) is 0.746. The van der Waals surface area contributed by atoms with Crippen molar-refractivity contribution in [3.8, 4) is 0 Å². The lowest BCUT2D eigenvalue weighted by Gasteiger charge is -2.35. The summed E-state index contributed by atoms with van der Waals surface area (Å²) < 4.78 is 27.4. The first kappa shape index (κ1) is 15.7. The molecule has 21 heavy (non-hydrogen) atoms. The normalized spacial score (nSPS) is 17.5. The zero-order valence-corrected chi connectivity index (χ0v) is 11.8. The van der Waals surface area contributed by atoms with Crippen LogP contribution in [0.3, 0.4) is 0 Å². The predicted molar refractivity (Wildman–Crippen MR) is 75.7 cm³/mol. The van der Waals surface area contributed by atoms with E-state index in [0.717, 1.165) is 44.2 Å². The third-order valence-corrected chi connectivity index (χ3v) is 4.22. The maximum Gasteiger partial charge on any atom is 0.257 e. The lowest BCUT2D eigenvalue weighted by atomic mass is 9.74. The summed E-state index contributed by atoms with van der Waals surface area (Å²) in [5, 5.41) is 12.1. The molecule has 1 aliphatic rings. The molecule has 0 saturated heterocycles. The third-order valence-electron chi connectivity index (χ3n) is 4.22. The third kappa shape index (κ3) is 3.32. The highest BCUT2D eigenvalue weighted by molar-refractivity contribution is 5.95. The van der Waals surface area contributed by atoms with Crippen LogP contribution in [0.15, 0.2) is 12.1 Å². The molecular weight excluding hydrogens is 278 g/mol. The van der Waals surface area contributed by atoms with E-state index in [4.69, 9.17) is 5.73 Å². The van der Waals surface area contributed by atoms with E-state index in [0.29, 0.717) is 0 Å². The number of halogens is 2. The van der Waals surface area contributed by atoms with E-state index in [1.165, 1.54) is 0 Å². The van der Waals surface area contributed by atoms with Crippen LogP contribution in [-0.4, -0.2) is 24.2 Å². The van der Waals surface area contributed by atoms with Crippen LogP contribution < -0.4 is 11.1 Å². The number of carbonyl (C=O) groups excluding carboxylic acids is 1. The van der Waals surface area contributed by atoms with E-state index < -0.39 is 23.1 Å². The molecule has 1 aliphatic carbocycles. The fourth-order valence-corrected chi connectivity index (χ4v) is 2.83. The summed E-state index contributed by atoms with van der Waals surface area (Å²) in [6.45, 7) is 0.158. The lowest BCUT2D eigenvalue weighted by molar-refractivity contribution is 0.0714. The molecule has 1 aromatic carbocycles. The number of nitrogens with two attached hydrogens (primary N) is 1. The van der Waals surface area contributed by atoms with Gasteiger partial charge in [-0.15, -0.1) is 0 Å². The zero-order chi connectivity index (χ0) is 15.5. The van der Waals surface area contributed by atoms with Crippen LogP contribution in [0, 0.1) is 17.0 Å². The van der Waals surface area contributed by atoms with Crippen LogP contribution in [0.5, 0.6) is 0 Å². The maximum atomic E-state index is 13.8. The average Bonchev–Trinajstić information content (AvgIpc) is 2.50. The van der Waals surface area contributed by atoms with E-state index in [2.05, 4.69) is 5.32 Å². The molecule has 4 nitrogen and oxygen atoms in total. The highest BCUT2D eigenvalue weighted by Crippen LogP contribution is 2.35. The fourth-order valence-electron chi connectivity index (χ4n) is 2.83. The molecule has 4 N–H and O–H groups in total. The Hall–Kier alpha value is -1.69. The highest BCUT2D eigenvalue weighted by atomic mass is 19.1. The molecule has 1 saturated carbocycles. The SMILES string of the molecule is Nc1ccc(F)c(C(=O)NCC2(CO)CCCCC2)c1F. The fraction of sp³-hybridized carbons (Fsp3) is 0.533. The Morgan fingerprint density at radius 2 is 1.95 bits per heavy atom. The first-order chi connectivity index (χ1) is 9.99. The lowest BCUT2D eigenvalue weighted by Crippen LogP contribution is -2.41. The maximum absolute atomic E-state index is 13.8. The van der Waals surface area contributed by atoms with Gasteiger partial charge in [-0.1, -0.05) is 19.3 Å². The molecule has 1 amide bonds. The van der Waals surface area contributed by atoms with Crippen molar-refractivity contribution in [3.63, 3.8) is 0 Å². The van der Waals surface area contributed by atoms with Gasteiger partial charge in [-0.3, -0.25) is 4.79 Å². The minimum absolute atomic E-state index is 0.0465. The summed E-state index contributed by atoms with van der Waals surface area (Å²) in [4.78, 5) is 12.0. The minimum atomic E-state index is -1.05. The van der Waals surface area contributed by atoms with Crippen molar-refractivity contribution < 1.29 is 18.7 Å². The molecule has 6 heteroatoms. The van der Waals surface area contributed by atoms with Gasteiger partial charge >= 0.3 is 0 Å². The van der Waals surface area contributed by atoms with Gasteiger partial charge in [-0.05, 0) is 25.0 Å². The summed E-state index contributed by atoms with van der Waals surface area (Å²) >= 11 is 0. The molecule has 0 heterocycles. The molecule has 0 aliphatic heterocycles. The molecule has 0 spiro atoms.